The topological polar surface area (TPSA) is 9.23 Å². The number of ether oxygens (including phenoxy) is 1. The summed E-state index contributed by atoms with van der Waals surface area (Å²) in [7, 11) is 0. The normalized spacial score (nSPS) is 29.4. The van der Waals surface area contributed by atoms with Crippen LogP contribution >= 0.6 is 0 Å². The first-order valence-electron chi connectivity index (χ1n) is 4.40. The summed E-state index contributed by atoms with van der Waals surface area (Å²) in [6.45, 7) is 0. The maximum absolute atomic E-state index is 13.3. The number of halogens is 2. The third-order valence-corrected chi connectivity index (χ3v) is 2.84. The fraction of sp³-hybridized carbons (Fsp3) is 0.400. The second kappa shape index (κ2) is 2.29. The number of hydrogen-bond acceptors (Lipinski definition) is 1. The first kappa shape index (κ1) is 7.44. The third-order valence-electron chi connectivity index (χ3n) is 2.84. The molecule has 1 saturated heterocycles. The molecule has 0 aliphatic carbocycles. The van der Waals surface area contributed by atoms with E-state index in [1.54, 1.807) is 0 Å². The van der Waals surface area contributed by atoms with Gasteiger partial charge >= 0.3 is 0 Å². The van der Waals surface area contributed by atoms with Crippen molar-refractivity contribution in [3.63, 3.8) is 0 Å². The van der Waals surface area contributed by atoms with E-state index >= 15 is 0 Å². The van der Waals surface area contributed by atoms with Gasteiger partial charge in [-0.1, -0.05) is 0 Å². The van der Waals surface area contributed by atoms with Crippen LogP contribution in [0.4, 0.5) is 8.78 Å². The van der Waals surface area contributed by atoms with Crippen LogP contribution in [0, 0.1) is 11.6 Å². The number of hydrogen-bond donors (Lipinski definition) is 0. The quantitative estimate of drug-likeness (QED) is 0.599. The molecule has 2 aliphatic heterocycles. The van der Waals surface area contributed by atoms with E-state index in [0.717, 1.165) is 12.8 Å². The van der Waals surface area contributed by atoms with Crippen molar-refractivity contribution in [2.24, 2.45) is 0 Å². The maximum Gasteiger partial charge on any atom is 0.129 e. The van der Waals surface area contributed by atoms with Gasteiger partial charge < -0.3 is 4.74 Å². The monoisotopic (exact) mass is 182 g/mol. The van der Waals surface area contributed by atoms with Crippen LogP contribution in [0.2, 0.25) is 0 Å². The molecule has 1 fully saturated rings. The van der Waals surface area contributed by atoms with E-state index in [9.17, 15) is 8.78 Å². The number of fused-ring (bicyclic) bond motifs is 5. The van der Waals surface area contributed by atoms with Crippen LogP contribution in [0.1, 0.15) is 36.2 Å². The van der Waals surface area contributed by atoms with Gasteiger partial charge in [-0.05, 0) is 25.0 Å². The highest BCUT2D eigenvalue weighted by atomic mass is 19.1. The van der Waals surface area contributed by atoms with E-state index in [1.165, 1.54) is 12.1 Å². The second-order valence-corrected chi connectivity index (χ2v) is 3.55. The zero-order valence-corrected chi connectivity index (χ0v) is 6.89. The zero-order valence-electron chi connectivity index (χ0n) is 6.89. The molecule has 0 radical (unpaired) electrons. The molecule has 2 bridgehead atoms. The van der Waals surface area contributed by atoms with Gasteiger partial charge in [0, 0.05) is 11.1 Å². The minimum atomic E-state index is -0.330. The van der Waals surface area contributed by atoms with Crippen molar-refractivity contribution < 1.29 is 13.5 Å². The lowest BCUT2D eigenvalue weighted by Crippen LogP contribution is -2.03. The van der Waals surface area contributed by atoms with E-state index < -0.39 is 0 Å². The van der Waals surface area contributed by atoms with Crippen LogP contribution in [-0.4, -0.2) is 0 Å². The van der Waals surface area contributed by atoms with Crippen LogP contribution in [0.3, 0.4) is 0 Å². The molecule has 0 aromatic heterocycles. The first-order chi connectivity index (χ1) is 6.27. The molecule has 0 amide bonds. The second-order valence-electron chi connectivity index (χ2n) is 3.55. The maximum atomic E-state index is 13.3. The largest absolute Gasteiger partial charge is 0.365 e. The minimum Gasteiger partial charge on any atom is -0.365 e. The van der Waals surface area contributed by atoms with Crippen molar-refractivity contribution in [1.82, 2.24) is 0 Å². The van der Waals surface area contributed by atoms with E-state index in [0.29, 0.717) is 11.1 Å². The zero-order chi connectivity index (χ0) is 9.00. The van der Waals surface area contributed by atoms with Crippen LogP contribution in [0.5, 0.6) is 0 Å². The molecule has 2 heterocycles. The Morgan fingerprint density at radius 1 is 1.00 bits per heavy atom. The van der Waals surface area contributed by atoms with Gasteiger partial charge in [-0.2, -0.15) is 0 Å². The van der Waals surface area contributed by atoms with Crippen LogP contribution < -0.4 is 0 Å². The fourth-order valence-electron chi connectivity index (χ4n) is 2.30. The molecule has 3 heteroatoms. The fourth-order valence-corrected chi connectivity index (χ4v) is 2.30. The summed E-state index contributed by atoms with van der Waals surface area (Å²) in [6, 6.07) is 2.36. The Hall–Kier alpha value is -0.960. The van der Waals surface area contributed by atoms with Gasteiger partial charge in [-0.3, -0.25) is 0 Å². The molecule has 2 aliphatic rings. The van der Waals surface area contributed by atoms with Gasteiger partial charge in [0.25, 0.3) is 0 Å². The van der Waals surface area contributed by atoms with Gasteiger partial charge in [-0.15, -0.1) is 0 Å². The highest BCUT2D eigenvalue weighted by Gasteiger charge is 2.41. The Balaban J connectivity index is 2.30. The Kier molecular flexibility index (Phi) is 1.31. The standard InChI is InChI=1S/C10H8F2O/c11-5-1-2-6(12)10-8-4-3-7(13-8)9(5)10/h1-2,7-8H,3-4H2. The lowest BCUT2D eigenvalue weighted by Gasteiger charge is -2.12. The number of benzene rings is 1. The van der Waals surface area contributed by atoms with Gasteiger partial charge in [0.2, 0.25) is 0 Å². The summed E-state index contributed by atoms with van der Waals surface area (Å²) in [5.74, 6) is -0.660. The van der Waals surface area contributed by atoms with Gasteiger partial charge in [0.15, 0.2) is 0 Å². The van der Waals surface area contributed by atoms with Crippen molar-refractivity contribution in [3.8, 4) is 0 Å². The van der Waals surface area contributed by atoms with Crippen molar-refractivity contribution in [2.75, 3.05) is 0 Å². The molecular weight excluding hydrogens is 174 g/mol. The molecule has 3 rings (SSSR count). The highest BCUT2D eigenvalue weighted by Crippen LogP contribution is 2.51. The molecule has 0 spiro atoms. The molecule has 2 atom stereocenters. The van der Waals surface area contributed by atoms with Crippen LogP contribution in [0.25, 0.3) is 0 Å². The van der Waals surface area contributed by atoms with E-state index in [1.807, 2.05) is 0 Å². The third kappa shape index (κ3) is 0.826. The number of rotatable bonds is 0. The molecule has 1 aromatic carbocycles. The average molecular weight is 182 g/mol. The minimum absolute atomic E-state index is 0.198. The summed E-state index contributed by atoms with van der Waals surface area (Å²) in [4.78, 5) is 0. The summed E-state index contributed by atoms with van der Waals surface area (Å²) < 4.78 is 32.0. The molecule has 0 saturated carbocycles. The molecule has 1 aromatic rings. The first-order valence-corrected chi connectivity index (χ1v) is 4.40. The SMILES string of the molecule is Fc1ccc(F)c2c1C1CCC2O1. The molecule has 2 unspecified atom stereocenters. The summed E-state index contributed by atoms with van der Waals surface area (Å²) in [5, 5.41) is 0. The van der Waals surface area contributed by atoms with Crippen LogP contribution in [0.15, 0.2) is 12.1 Å². The Morgan fingerprint density at radius 3 is 1.92 bits per heavy atom. The van der Waals surface area contributed by atoms with Gasteiger partial charge in [-0.25, -0.2) is 8.78 Å². The highest BCUT2D eigenvalue weighted by molar-refractivity contribution is 5.39. The van der Waals surface area contributed by atoms with Crippen molar-refractivity contribution in [1.29, 1.82) is 0 Å². The lowest BCUT2D eigenvalue weighted by atomic mass is 9.91. The van der Waals surface area contributed by atoms with E-state index in [-0.39, 0.29) is 23.8 Å². The molecule has 1 nitrogen and oxygen atoms in total. The van der Waals surface area contributed by atoms with Crippen molar-refractivity contribution in [2.45, 2.75) is 25.0 Å². The Bertz CT molecular complexity index is 340. The lowest BCUT2D eigenvalue weighted by molar-refractivity contribution is 0.0695. The molecular formula is C10H8F2O. The van der Waals surface area contributed by atoms with Crippen LogP contribution in [-0.2, 0) is 4.74 Å². The van der Waals surface area contributed by atoms with Gasteiger partial charge in [0.1, 0.15) is 11.6 Å². The Morgan fingerprint density at radius 2 is 1.46 bits per heavy atom. The van der Waals surface area contributed by atoms with E-state index in [2.05, 4.69) is 0 Å². The summed E-state index contributed by atoms with van der Waals surface area (Å²) >= 11 is 0. The molecule has 13 heavy (non-hydrogen) atoms. The predicted molar refractivity (Wildman–Crippen MR) is 42.2 cm³/mol. The summed E-state index contributed by atoms with van der Waals surface area (Å²) in [6.07, 6.45) is 1.24. The van der Waals surface area contributed by atoms with Gasteiger partial charge in [0.05, 0.1) is 12.2 Å². The smallest absolute Gasteiger partial charge is 0.129 e. The summed E-state index contributed by atoms with van der Waals surface area (Å²) in [5.41, 5.74) is 0.910. The Labute approximate surface area is 74.3 Å². The average Bonchev–Trinajstić information content (AvgIpc) is 2.70. The van der Waals surface area contributed by atoms with Crippen molar-refractivity contribution >= 4 is 0 Å². The molecule has 68 valence electrons. The van der Waals surface area contributed by atoms with Crippen molar-refractivity contribution in [3.05, 3.63) is 34.9 Å². The van der Waals surface area contributed by atoms with E-state index in [4.69, 9.17) is 4.74 Å². The predicted octanol–water partition coefficient (Wildman–Crippen LogP) is 2.87. The molecule has 0 N–H and O–H groups in total.